The van der Waals surface area contributed by atoms with E-state index >= 15 is 0 Å². The third-order valence-corrected chi connectivity index (χ3v) is 3.52. The molecule has 6 heteroatoms. The summed E-state index contributed by atoms with van der Waals surface area (Å²) in [5.74, 6) is -0.693. The molecule has 5 N–H and O–H groups in total. The van der Waals surface area contributed by atoms with E-state index in [4.69, 9.17) is 11.5 Å². The van der Waals surface area contributed by atoms with Crippen LogP contribution in [0, 0.1) is 0 Å². The number of carbonyl (C=O) groups is 2. The second kappa shape index (κ2) is 7.26. The van der Waals surface area contributed by atoms with E-state index in [1.54, 1.807) is 18.2 Å². The lowest BCUT2D eigenvalue weighted by molar-refractivity contribution is 0.0926. The number of benzene rings is 1. The second-order valence-corrected chi connectivity index (χ2v) is 5.03. The minimum absolute atomic E-state index is 0. The van der Waals surface area contributed by atoms with Crippen molar-refractivity contribution in [3.05, 3.63) is 35.4 Å². The maximum absolute atomic E-state index is 12.1. The van der Waals surface area contributed by atoms with E-state index in [2.05, 4.69) is 5.32 Å². The third kappa shape index (κ3) is 4.21. The summed E-state index contributed by atoms with van der Waals surface area (Å²) in [6.07, 6.45) is 3.68. The quantitative estimate of drug-likeness (QED) is 0.782. The van der Waals surface area contributed by atoms with Crippen molar-refractivity contribution in [2.75, 3.05) is 0 Å². The molecule has 0 spiro atoms. The second-order valence-electron chi connectivity index (χ2n) is 5.03. The van der Waals surface area contributed by atoms with Crippen LogP contribution in [-0.4, -0.2) is 23.9 Å². The highest BCUT2D eigenvalue weighted by Gasteiger charge is 2.20. The Hall–Kier alpha value is -1.59. The zero-order valence-electron chi connectivity index (χ0n) is 11.2. The zero-order valence-corrected chi connectivity index (χ0v) is 12.0. The van der Waals surface area contributed by atoms with E-state index in [-0.39, 0.29) is 30.4 Å². The fourth-order valence-electron chi connectivity index (χ4n) is 2.35. The largest absolute Gasteiger partial charge is 0.366 e. The van der Waals surface area contributed by atoms with Crippen molar-refractivity contribution < 1.29 is 9.59 Å². The van der Waals surface area contributed by atoms with Gasteiger partial charge in [-0.25, -0.2) is 0 Å². The van der Waals surface area contributed by atoms with Crippen LogP contribution in [-0.2, 0) is 0 Å². The van der Waals surface area contributed by atoms with Gasteiger partial charge >= 0.3 is 0 Å². The van der Waals surface area contributed by atoms with Crippen molar-refractivity contribution in [2.45, 2.75) is 37.8 Å². The molecule has 2 rings (SSSR count). The van der Waals surface area contributed by atoms with Gasteiger partial charge in [-0.05, 0) is 43.9 Å². The van der Waals surface area contributed by atoms with Gasteiger partial charge in [0.05, 0.1) is 0 Å². The van der Waals surface area contributed by atoms with Gasteiger partial charge in [0.25, 0.3) is 5.91 Å². The van der Waals surface area contributed by atoms with Crippen molar-refractivity contribution >= 4 is 24.2 Å². The van der Waals surface area contributed by atoms with Crippen LogP contribution in [0.4, 0.5) is 0 Å². The van der Waals surface area contributed by atoms with E-state index in [9.17, 15) is 9.59 Å². The van der Waals surface area contributed by atoms with Gasteiger partial charge in [0.15, 0.2) is 0 Å². The number of halogens is 1. The molecule has 0 saturated heterocycles. The first-order chi connectivity index (χ1) is 9.06. The molecule has 20 heavy (non-hydrogen) atoms. The average Bonchev–Trinajstić information content (AvgIpc) is 2.41. The van der Waals surface area contributed by atoms with Gasteiger partial charge in [-0.15, -0.1) is 12.4 Å². The number of carbonyl (C=O) groups excluding carboxylic acids is 2. The first-order valence-corrected chi connectivity index (χ1v) is 6.52. The number of rotatable bonds is 3. The predicted octanol–water partition coefficient (Wildman–Crippen LogP) is 1.21. The van der Waals surface area contributed by atoms with Crippen molar-refractivity contribution in [3.63, 3.8) is 0 Å². The summed E-state index contributed by atoms with van der Waals surface area (Å²) in [5.41, 5.74) is 11.8. The molecular weight excluding hydrogens is 278 g/mol. The Labute approximate surface area is 124 Å². The number of hydrogen-bond donors (Lipinski definition) is 3. The molecule has 0 aliphatic heterocycles. The number of nitrogens with one attached hydrogen (secondary N) is 1. The van der Waals surface area contributed by atoms with Gasteiger partial charge < -0.3 is 16.8 Å². The first kappa shape index (κ1) is 16.5. The van der Waals surface area contributed by atoms with Crippen LogP contribution < -0.4 is 16.8 Å². The molecule has 5 nitrogen and oxygen atoms in total. The van der Waals surface area contributed by atoms with Gasteiger partial charge in [0.1, 0.15) is 0 Å². The Bertz CT molecular complexity index is 485. The van der Waals surface area contributed by atoms with E-state index in [0.717, 1.165) is 25.7 Å². The van der Waals surface area contributed by atoms with Crippen LogP contribution in [0.25, 0.3) is 0 Å². The van der Waals surface area contributed by atoms with Gasteiger partial charge in [0.2, 0.25) is 5.91 Å². The summed E-state index contributed by atoms with van der Waals surface area (Å²) >= 11 is 0. The van der Waals surface area contributed by atoms with Gasteiger partial charge in [-0.3, -0.25) is 9.59 Å². The number of amides is 2. The molecule has 1 fully saturated rings. The van der Waals surface area contributed by atoms with Gasteiger partial charge in [-0.2, -0.15) is 0 Å². The monoisotopic (exact) mass is 297 g/mol. The van der Waals surface area contributed by atoms with Crippen LogP contribution >= 0.6 is 12.4 Å². The minimum Gasteiger partial charge on any atom is -0.366 e. The van der Waals surface area contributed by atoms with Crippen molar-refractivity contribution in [1.29, 1.82) is 0 Å². The fraction of sp³-hybridized carbons (Fsp3) is 0.429. The summed E-state index contributed by atoms with van der Waals surface area (Å²) in [4.78, 5) is 23.2. The topological polar surface area (TPSA) is 98.2 Å². The molecular formula is C14H20ClN3O2. The normalized spacial score (nSPS) is 21.6. The molecule has 0 aromatic heterocycles. The summed E-state index contributed by atoms with van der Waals surface area (Å²) in [7, 11) is 0. The van der Waals surface area contributed by atoms with E-state index in [0.29, 0.717) is 11.1 Å². The van der Waals surface area contributed by atoms with Gasteiger partial charge in [-0.1, -0.05) is 6.07 Å². The van der Waals surface area contributed by atoms with Crippen molar-refractivity contribution in [2.24, 2.45) is 11.5 Å². The molecule has 110 valence electrons. The lowest BCUT2D eigenvalue weighted by atomic mass is 9.91. The number of nitrogens with two attached hydrogens (primary N) is 2. The number of primary amides is 1. The van der Waals surface area contributed by atoms with E-state index in [1.807, 2.05) is 0 Å². The SMILES string of the molecule is Cl.NC(=O)c1cccc(C(=O)NC2CCC(N)CC2)c1. The van der Waals surface area contributed by atoms with Crippen LogP contribution in [0.1, 0.15) is 46.4 Å². The standard InChI is InChI=1S/C14H19N3O2.ClH/c15-11-4-6-12(7-5-11)17-14(19)10-3-1-2-9(8-10)13(16)18;/h1-3,8,11-12H,4-7,15H2,(H2,16,18)(H,17,19);1H. The maximum atomic E-state index is 12.1. The van der Waals surface area contributed by atoms with Gasteiger partial charge in [0, 0.05) is 23.2 Å². The lowest BCUT2D eigenvalue weighted by Gasteiger charge is -2.26. The number of hydrogen-bond acceptors (Lipinski definition) is 3. The molecule has 0 unspecified atom stereocenters. The Morgan fingerprint density at radius 2 is 1.70 bits per heavy atom. The lowest BCUT2D eigenvalue weighted by Crippen LogP contribution is -2.40. The van der Waals surface area contributed by atoms with Crippen molar-refractivity contribution in [1.82, 2.24) is 5.32 Å². The summed E-state index contributed by atoms with van der Waals surface area (Å²) in [6.45, 7) is 0. The summed E-state index contributed by atoms with van der Waals surface area (Å²) in [5, 5.41) is 2.98. The molecule has 0 bridgehead atoms. The molecule has 0 radical (unpaired) electrons. The molecule has 1 aromatic carbocycles. The molecule has 1 aliphatic rings. The highest BCUT2D eigenvalue weighted by molar-refractivity contribution is 5.99. The molecule has 1 aliphatic carbocycles. The third-order valence-electron chi connectivity index (χ3n) is 3.52. The fourth-order valence-corrected chi connectivity index (χ4v) is 2.35. The van der Waals surface area contributed by atoms with E-state index < -0.39 is 5.91 Å². The Morgan fingerprint density at radius 1 is 1.10 bits per heavy atom. The highest BCUT2D eigenvalue weighted by atomic mass is 35.5. The van der Waals surface area contributed by atoms with Crippen LogP contribution in [0.2, 0.25) is 0 Å². The Morgan fingerprint density at radius 3 is 2.30 bits per heavy atom. The maximum Gasteiger partial charge on any atom is 0.251 e. The molecule has 2 amide bonds. The molecule has 0 atom stereocenters. The molecule has 1 saturated carbocycles. The Balaban J connectivity index is 0.00000200. The Kier molecular flexibility index (Phi) is 5.98. The van der Waals surface area contributed by atoms with E-state index in [1.165, 1.54) is 6.07 Å². The van der Waals surface area contributed by atoms with Crippen LogP contribution in [0.5, 0.6) is 0 Å². The summed E-state index contributed by atoms with van der Waals surface area (Å²) < 4.78 is 0. The average molecular weight is 298 g/mol. The molecule has 0 heterocycles. The zero-order chi connectivity index (χ0) is 13.8. The van der Waals surface area contributed by atoms with Crippen LogP contribution in [0.3, 0.4) is 0 Å². The first-order valence-electron chi connectivity index (χ1n) is 6.52. The molecule has 1 aromatic rings. The van der Waals surface area contributed by atoms with Crippen molar-refractivity contribution in [3.8, 4) is 0 Å². The predicted molar refractivity (Wildman–Crippen MR) is 79.9 cm³/mol. The smallest absolute Gasteiger partial charge is 0.251 e. The highest BCUT2D eigenvalue weighted by Crippen LogP contribution is 2.17. The minimum atomic E-state index is -0.529. The van der Waals surface area contributed by atoms with Crippen LogP contribution in [0.15, 0.2) is 24.3 Å². The summed E-state index contributed by atoms with van der Waals surface area (Å²) in [6, 6.07) is 6.88.